The lowest BCUT2D eigenvalue weighted by Gasteiger charge is -2.14. The summed E-state index contributed by atoms with van der Waals surface area (Å²) in [6.45, 7) is 1.99. The van der Waals surface area contributed by atoms with Gasteiger partial charge in [-0.05, 0) is 46.8 Å². The van der Waals surface area contributed by atoms with Gasteiger partial charge in [0.25, 0.3) is 0 Å². The summed E-state index contributed by atoms with van der Waals surface area (Å²) in [5.74, 6) is -1.42. The van der Waals surface area contributed by atoms with Gasteiger partial charge in [-0.15, -0.1) is 0 Å². The number of hydrogen-bond acceptors (Lipinski definition) is 1. The summed E-state index contributed by atoms with van der Waals surface area (Å²) in [6.07, 6.45) is 2.74. The molecule has 0 bridgehead atoms. The van der Waals surface area contributed by atoms with Crippen LogP contribution in [-0.4, -0.2) is 5.78 Å². The molecular formula is C13H13BrF2O. The fraction of sp³-hybridized carbons (Fsp3) is 0.462. The van der Waals surface area contributed by atoms with E-state index in [9.17, 15) is 13.6 Å². The first kappa shape index (κ1) is 12.7. The van der Waals surface area contributed by atoms with E-state index in [4.69, 9.17) is 0 Å². The van der Waals surface area contributed by atoms with Crippen molar-refractivity contribution in [2.45, 2.75) is 26.2 Å². The molecule has 1 fully saturated rings. The lowest BCUT2D eigenvalue weighted by molar-refractivity contribution is 0.0892. The first-order chi connectivity index (χ1) is 8.00. The average Bonchev–Trinajstić information content (AvgIpc) is 2.69. The molecule has 1 aromatic rings. The molecule has 2 unspecified atom stereocenters. The standard InChI is InChI=1S/C13H13BrF2O/c1-7-3-2-4-8(7)13(17)9-5-12(16)10(14)6-11(9)15/h5-8H,2-4H2,1H3. The van der Waals surface area contributed by atoms with Gasteiger partial charge >= 0.3 is 0 Å². The number of hydrogen-bond donors (Lipinski definition) is 0. The molecule has 2 atom stereocenters. The van der Waals surface area contributed by atoms with Gasteiger partial charge < -0.3 is 0 Å². The first-order valence-electron chi connectivity index (χ1n) is 5.69. The lowest BCUT2D eigenvalue weighted by Crippen LogP contribution is -2.18. The highest BCUT2D eigenvalue weighted by atomic mass is 79.9. The predicted molar refractivity (Wildman–Crippen MR) is 64.9 cm³/mol. The van der Waals surface area contributed by atoms with Crippen LogP contribution in [0.25, 0.3) is 0 Å². The molecule has 0 aliphatic heterocycles. The summed E-state index contributed by atoms with van der Waals surface area (Å²) in [5.41, 5.74) is -0.121. The predicted octanol–water partition coefficient (Wildman–Crippen LogP) is 4.35. The Morgan fingerprint density at radius 3 is 2.59 bits per heavy atom. The van der Waals surface area contributed by atoms with Crippen LogP contribution in [0.3, 0.4) is 0 Å². The van der Waals surface area contributed by atoms with Gasteiger partial charge in [-0.2, -0.15) is 0 Å². The Balaban J connectivity index is 2.34. The molecule has 2 rings (SSSR count). The van der Waals surface area contributed by atoms with Crippen LogP contribution in [0.5, 0.6) is 0 Å². The minimum absolute atomic E-state index is 0.0472. The molecule has 0 heterocycles. The molecule has 1 aromatic carbocycles. The van der Waals surface area contributed by atoms with Gasteiger partial charge in [0.15, 0.2) is 5.78 Å². The Bertz CT molecular complexity index is 459. The van der Waals surface area contributed by atoms with Crippen LogP contribution < -0.4 is 0 Å². The Kier molecular flexibility index (Phi) is 3.61. The Labute approximate surface area is 107 Å². The smallest absolute Gasteiger partial charge is 0.169 e. The number of halogens is 3. The topological polar surface area (TPSA) is 17.1 Å². The van der Waals surface area contributed by atoms with Crippen molar-refractivity contribution in [3.05, 3.63) is 33.8 Å². The van der Waals surface area contributed by atoms with Crippen molar-refractivity contribution < 1.29 is 13.6 Å². The number of rotatable bonds is 2. The third-order valence-corrected chi connectivity index (χ3v) is 4.08. The minimum Gasteiger partial charge on any atom is -0.294 e. The summed E-state index contributed by atoms with van der Waals surface area (Å²) >= 11 is 2.90. The van der Waals surface area contributed by atoms with E-state index in [1.54, 1.807) is 0 Å². The maximum Gasteiger partial charge on any atom is 0.169 e. The third kappa shape index (κ3) is 2.41. The SMILES string of the molecule is CC1CCCC1C(=O)c1cc(F)c(Br)cc1F. The van der Waals surface area contributed by atoms with Gasteiger partial charge in [-0.1, -0.05) is 13.3 Å². The van der Waals surface area contributed by atoms with Crippen LogP contribution in [0.2, 0.25) is 0 Å². The van der Waals surface area contributed by atoms with Gasteiger partial charge in [-0.3, -0.25) is 4.79 Å². The van der Waals surface area contributed by atoms with E-state index in [0.29, 0.717) is 0 Å². The zero-order valence-electron chi connectivity index (χ0n) is 9.47. The van der Waals surface area contributed by atoms with Crippen molar-refractivity contribution in [2.75, 3.05) is 0 Å². The molecule has 0 N–H and O–H groups in total. The molecule has 1 aliphatic carbocycles. The number of benzene rings is 1. The molecule has 0 saturated heterocycles. The third-order valence-electron chi connectivity index (χ3n) is 3.47. The summed E-state index contributed by atoms with van der Waals surface area (Å²) in [5, 5.41) is 0. The second-order valence-electron chi connectivity index (χ2n) is 4.63. The Morgan fingerprint density at radius 1 is 1.29 bits per heavy atom. The van der Waals surface area contributed by atoms with E-state index in [-0.39, 0.29) is 27.7 Å². The van der Waals surface area contributed by atoms with Crippen molar-refractivity contribution in [3.63, 3.8) is 0 Å². The van der Waals surface area contributed by atoms with E-state index in [1.165, 1.54) is 0 Å². The highest BCUT2D eigenvalue weighted by Crippen LogP contribution is 2.34. The summed E-state index contributed by atoms with van der Waals surface area (Å²) in [4.78, 5) is 12.1. The molecule has 1 aliphatic rings. The van der Waals surface area contributed by atoms with Crippen molar-refractivity contribution >= 4 is 21.7 Å². The largest absolute Gasteiger partial charge is 0.294 e. The quantitative estimate of drug-likeness (QED) is 0.586. The van der Waals surface area contributed by atoms with Crippen LogP contribution in [-0.2, 0) is 0 Å². The Morgan fingerprint density at radius 2 is 2.00 bits per heavy atom. The van der Waals surface area contributed by atoms with Gasteiger partial charge in [0, 0.05) is 5.92 Å². The van der Waals surface area contributed by atoms with Crippen molar-refractivity contribution in [1.29, 1.82) is 0 Å². The second-order valence-corrected chi connectivity index (χ2v) is 5.48. The molecule has 0 spiro atoms. The number of carbonyl (C=O) groups excluding carboxylic acids is 1. The van der Waals surface area contributed by atoms with Gasteiger partial charge in [0.1, 0.15) is 11.6 Å². The fourth-order valence-corrected chi connectivity index (χ4v) is 2.76. The van der Waals surface area contributed by atoms with Crippen molar-refractivity contribution in [1.82, 2.24) is 0 Å². The van der Waals surface area contributed by atoms with E-state index in [2.05, 4.69) is 15.9 Å². The first-order valence-corrected chi connectivity index (χ1v) is 6.48. The average molecular weight is 303 g/mol. The summed E-state index contributed by atoms with van der Waals surface area (Å²) in [7, 11) is 0. The molecule has 1 nitrogen and oxygen atoms in total. The monoisotopic (exact) mass is 302 g/mol. The zero-order valence-corrected chi connectivity index (χ0v) is 11.1. The fourth-order valence-electron chi connectivity index (χ4n) is 2.45. The van der Waals surface area contributed by atoms with Crippen LogP contribution >= 0.6 is 15.9 Å². The zero-order chi connectivity index (χ0) is 12.6. The highest BCUT2D eigenvalue weighted by molar-refractivity contribution is 9.10. The second kappa shape index (κ2) is 4.84. The van der Waals surface area contributed by atoms with Crippen molar-refractivity contribution in [2.24, 2.45) is 11.8 Å². The molecule has 4 heteroatoms. The number of Topliss-reactive ketones (excluding diaryl/α,β-unsaturated/α-hetero) is 1. The minimum atomic E-state index is -0.651. The molecule has 17 heavy (non-hydrogen) atoms. The molecule has 1 saturated carbocycles. The van der Waals surface area contributed by atoms with E-state index >= 15 is 0 Å². The van der Waals surface area contributed by atoms with E-state index < -0.39 is 11.6 Å². The summed E-state index contributed by atoms with van der Waals surface area (Å²) < 4.78 is 27.0. The highest BCUT2D eigenvalue weighted by Gasteiger charge is 2.32. The molecular weight excluding hydrogens is 290 g/mol. The van der Waals surface area contributed by atoms with E-state index in [1.807, 2.05) is 6.92 Å². The maximum absolute atomic E-state index is 13.6. The summed E-state index contributed by atoms with van der Waals surface area (Å²) in [6, 6.07) is 2.01. The van der Waals surface area contributed by atoms with Gasteiger partial charge in [-0.25, -0.2) is 8.78 Å². The van der Waals surface area contributed by atoms with Gasteiger partial charge in [0.2, 0.25) is 0 Å². The van der Waals surface area contributed by atoms with Crippen LogP contribution in [0.4, 0.5) is 8.78 Å². The number of ketones is 1. The van der Waals surface area contributed by atoms with Crippen LogP contribution in [0.1, 0.15) is 36.5 Å². The normalized spacial score (nSPS) is 24.0. The van der Waals surface area contributed by atoms with Crippen LogP contribution in [0.15, 0.2) is 16.6 Å². The van der Waals surface area contributed by atoms with Gasteiger partial charge in [0.05, 0.1) is 10.0 Å². The molecule has 0 amide bonds. The molecule has 0 aromatic heterocycles. The van der Waals surface area contributed by atoms with E-state index in [0.717, 1.165) is 31.4 Å². The number of carbonyl (C=O) groups is 1. The lowest BCUT2D eigenvalue weighted by atomic mass is 9.89. The molecule has 92 valence electrons. The Hall–Kier alpha value is -0.770. The molecule has 0 radical (unpaired) electrons. The maximum atomic E-state index is 13.6. The van der Waals surface area contributed by atoms with Crippen molar-refractivity contribution in [3.8, 4) is 0 Å². The van der Waals surface area contributed by atoms with Crippen LogP contribution in [0, 0.1) is 23.5 Å².